The number of aliphatic carboxylic acids is 1. The Balaban J connectivity index is 2.15. The third kappa shape index (κ3) is 2.24. The first kappa shape index (κ1) is 11.9. The van der Waals surface area contributed by atoms with Gasteiger partial charge >= 0.3 is 5.97 Å². The highest BCUT2D eigenvalue weighted by Crippen LogP contribution is 2.35. The van der Waals surface area contributed by atoms with E-state index in [1.54, 1.807) is 0 Å². The summed E-state index contributed by atoms with van der Waals surface area (Å²) in [5, 5.41) is 11.2. The van der Waals surface area contributed by atoms with Gasteiger partial charge in [-0.3, -0.25) is 4.79 Å². The van der Waals surface area contributed by atoms with Crippen LogP contribution in [0, 0.1) is 5.82 Å². The SMILES string of the molecule is O=C(NC1(C(=O)O)CC1)c1ccc(Cl)c(F)c1. The van der Waals surface area contributed by atoms with Crippen LogP contribution in [0.3, 0.4) is 0 Å². The Labute approximate surface area is 101 Å². The first-order valence-corrected chi connectivity index (χ1v) is 5.33. The summed E-state index contributed by atoms with van der Waals surface area (Å²) in [5.41, 5.74) is -1.12. The van der Waals surface area contributed by atoms with Gasteiger partial charge in [-0.25, -0.2) is 9.18 Å². The molecule has 4 nitrogen and oxygen atoms in total. The van der Waals surface area contributed by atoms with Crippen molar-refractivity contribution < 1.29 is 19.1 Å². The summed E-state index contributed by atoms with van der Waals surface area (Å²) >= 11 is 5.48. The summed E-state index contributed by atoms with van der Waals surface area (Å²) in [6, 6.07) is 3.58. The summed E-state index contributed by atoms with van der Waals surface area (Å²) in [4.78, 5) is 22.5. The van der Waals surface area contributed by atoms with E-state index in [0.29, 0.717) is 12.8 Å². The van der Waals surface area contributed by atoms with E-state index in [4.69, 9.17) is 16.7 Å². The highest BCUT2D eigenvalue weighted by molar-refractivity contribution is 6.30. The van der Waals surface area contributed by atoms with E-state index in [9.17, 15) is 14.0 Å². The first-order chi connectivity index (χ1) is 7.94. The highest BCUT2D eigenvalue weighted by atomic mass is 35.5. The second-order valence-electron chi connectivity index (χ2n) is 3.97. The van der Waals surface area contributed by atoms with E-state index in [1.165, 1.54) is 12.1 Å². The predicted octanol–water partition coefficient (Wildman–Crippen LogP) is 1.83. The molecule has 1 fully saturated rings. The van der Waals surface area contributed by atoms with Crippen LogP contribution in [0.1, 0.15) is 23.2 Å². The van der Waals surface area contributed by atoms with Crippen molar-refractivity contribution in [2.45, 2.75) is 18.4 Å². The van der Waals surface area contributed by atoms with Crippen LogP contribution in [0.2, 0.25) is 5.02 Å². The summed E-state index contributed by atoms with van der Waals surface area (Å²) in [7, 11) is 0. The number of hydrogen-bond donors (Lipinski definition) is 2. The van der Waals surface area contributed by atoms with Crippen LogP contribution in [-0.4, -0.2) is 22.5 Å². The van der Waals surface area contributed by atoms with Crippen LogP contribution in [0.5, 0.6) is 0 Å². The third-order valence-corrected chi connectivity index (χ3v) is 3.00. The molecule has 0 radical (unpaired) electrons. The molecule has 0 bridgehead atoms. The zero-order valence-electron chi connectivity index (χ0n) is 8.67. The van der Waals surface area contributed by atoms with Gasteiger partial charge in [0.2, 0.25) is 0 Å². The highest BCUT2D eigenvalue weighted by Gasteiger charge is 2.51. The number of carbonyl (C=O) groups is 2. The Morgan fingerprint density at radius 2 is 2.06 bits per heavy atom. The van der Waals surface area contributed by atoms with Gasteiger partial charge in [-0.15, -0.1) is 0 Å². The molecular formula is C11H9ClFNO3. The molecule has 0 heterocycles. The number of rotatable bonds is 3. The predicted molar refractivity (Wildman–Crippen MR) is 58.5 cm³/mol. The number of halogens is 2. The van der Waals surface area contributed by atoms with Crippen molar-refractivity contribution in [1.82, 2.24) is 5.32 Å². The van der Waals surface area contributed by atoms with Crippen molar-refractivity contribution in [1.29, 1.82) is 0 Å². The second-order valence-corrected chi connectivity index (χ2v) is 4.38. The second kappa shape index (κ2) is 4.00. The molecule has 0 unspecified atom stereocenters. The molecule has 0 aliphatic heterocycles. The van der Waals surface area contributed by atoms with E-state index >= 15 is 0 Å². The molecule has 2 N–H and O–H groups in total. The van der Waals surface area contributed by atoms with Crippen LogP contribution in [0.25, 0.3) is 0 Å². The van der Waals surface area contributed by atoms with E-state index in [-0.39, 0.29) is 10.6 Å². The Kier molecular flexibility index (Phi) is 2.79. The summed E-state index contributed by atoms with van der Waals surface area (Å²) in [5.74, 6) is -2.39. The van der Waals surface area contributed by atoms with Crippen molar-refractivity contribution in [2.24, 2.45) is 0 Å². The van der Waals surface area contributed by atoms with Crippen molar-refractivity contribution in [3.63, 3.8) is 0 Å². The molecule has 1 aliphatic rings. The maximum atomic E-state index is 13.1. The van der Waals surface area contributed by atoms with Gasteiger partial charge in [0.05, 0.1) is 5.02 Å². The summed E-state index contributed by atoms with van der Waals surface area (Å²) in [6.45, 7) is 0. The molecule has 0 spiro atoms. The minimum atomic E-state index is -1.17. The fraction of sp³-hybridized carbons (Fsp3) is 0.273. The van der Waals surface area contributed by atoms with Gasteiger partial charge in [-0.1, -0.05) is 11.6 Å². The third-order valence-electron chi connectivity index (χ3n) is 2.69. The molecular weight excluding hydrogens is 249 g/mol. The molecule has 0 atom stereocenters. The molecule has 1 saturated carbocycles. The zero-order valence-corrected chi connectivity index (χ0v) is 9.42. The van der Waals surface area contributed by atoms with Gasteiger partial charge in [-0.05, 0) is 31.0 Å². The minimum Gasteiger partial charge on any atom is -0.480 e. The Morgan fingerprint density at radius 3 is 2.53 bits per heavy atom. The lowest BCUT2D eigenvalue weighted by atomic mass is 10.2. The smallest absolute Gasteiger partial charge is 0.329 e. The standard InChI is InChI=1S/C11H9ClFNO3/c12-7-2-1-6(5-8(7)13)9(15)14-11(3-4-11)10(16)17/h1-2,5H,3-4H2,(H,14,15)(H,16,17). The normalized spacial score (nSPS) is 16.4. The molecule has 17 heavy (non-hydrogen) atoms. The Morgan fingerprint density at radius 1 is 1.41 bits per heavy atom. The quantitative estimate of drug-likeness (QED) is 0.868. The summed E-state index contributed by atoms with van der Waals surface area (Å²) < 4.78 is 13.1. The van der Waals surface area contributed by atoms with Gasteiger partial charge in [0.15, 0.2) is 0 Å². The monoisotopic (exact) mass is 257 g/mol. The number of nitrogens with one attached hydrogen (secondary N) is 1. The Bertz CT molecular complexity index is 499. The maximum absolute atomic E-state index is 13.1. The number of amides is 1. The molecule has 0 saturated heterocycles. The lowest BCUT2D eigenvalue weighted by Crippen LogP contribution is -2.43. The van der Waals surface area contributed by atoms with E-state index in [0.717, 1.165) is 6.07 Å². The topological polar surface area (TPSA) is 66.4 Å². The van der Waals surface area contributed by atoms with Crippen LogP contribution in [0.15, 0.2) is 18.2 Å². The minimum absolute atomic E-state index is 0.0550. The number of carboxylic acids is 1. The molecule has 1 amide bonds. The summed E-state index contributed by atoms with van der Waals surface area (Å²) in [6.07, 6.45) is 0.786. The molecule has 1 aromatic carbocycles. The lowest BCUT2D eigenvalue weighted by Gasteiger charge is -2.12. The average Bonchev–Trinajstić information content (AvgIpc) is 3.03. The van der Waals surface area contributed by atoms with Gasteiger partial charge in [0.1, 0.15) is 11.4 Å². The molecule has 0 aromatic heterocycles. The number of hydrogen-bond acceptors (Lipinski definition) is 2. The zero-order chi connectivity index (χ0) is 12.6. The largest absolute Gasteiger partial charge is 0.480 e. The number of carboxylic acid groups (broad SMARTS) is 1. The molecule has 1 aliphatic carbocycles. The fourth-order valence-electron chi connectivity index (χ4n) is 1.44. The lowest BCUT2D eigenvalue weighted by molar-refractivity contribution is -0.140. The van der Waals surface area contributed by atoms with Crippen molar-refractivity contribution in [3.8, 4) is 0 Å². The van der Waals surface area contributed by atoms with Gasteiger partial charge < -0.3 is 10.4 Å². The first-order valence-electron chi connectivity index (χ1n) is 4.95. The van der Waals surface area contributed by atoms with Crippen molar-refractivity contribution in [2.75, 3.05) is 0 Å². The van der Waals surface area contributed by atoms with Crippen LogP contribution in [0.4, 0.5) is 4.39 Å². The van der Waals surface area contributed by atoms with E-state index < -0.39 is 23.2 Å². The van der Waals surface area contributed by atoms with Gasteiger partial charge in [0, 0.05) is 5.56 Å². The van der Waals surface area contributed by atoms with Gasteiger partial charge in [-0.2, -0.15) is 0 Å². The van der Waals surface area contributed by atoms with Gasteiger partial charge in [0.25, 0.3) is 5.91 Å². The Hall–Kier alpha value is -1.62. The van der Waals surface area contributed by atoms with Crippen LogP contribution in [-0.2, 0) is 4.79 Å². The fourth-order valence-corrected chi connectivity index (χ4v) is 1.56. The number of benzene rings is 1. The average molecular weight is 258 g/mol. The van der Waals surface area contributed by atoms with Crippen molar-refractivity contribution in [3.05, 3.63) is 34.6 Å². The number of carbonyl (C=O) groups excluding carboxylic acids is 1. The van der Waals surface area contributed by atoms with Crippen LogP contribution < -0.4 is 5.32 Å². The molecule has 90 valence electrons. The molecule has 2 rings (SSSR count). The van der Waals surface area contributed by atoms with E-state index in [2.05, 4.69) is 5.32 Å². The van der Waals surface area contributed by atoms with Crippen molar-refractivity contribution >= 4 is 23.5 Å². The molecule has 6 heteroatoms. The maximum Gasteiger partial charge on any atom is 0.329 e. The van der Waals surface area contributed by atoms with Crippen LogP contribution >= 0.6 is 11.6 Å². The molecule has 1 aromatic rings. The van der Waals surface area contributed by atoms with E-state index in [1.807, 2.05) is 0 Å².